The number of nitrogens with zero attached hydrogens (tertiary/aromatic N) is 6. The fourth-order valence-electron chi connectivity index (χ4n) is 3.38. The Labute approximate surface area is 151 Å². The fraction of sp³-hybridized carbons (Fsp3) is 0.444. The van der Waals surface area contributed by atoms with Crippen LogP contribution < -0.4 is 10.5 Å². The van der Waals surface area contributed by atoms with Gasteiger partial charge in [-0.1, -0.05) is 0 Å². The van der Waals surface area contributed by atoms with Crippen molar-refractivity contribution in [2.75, 3.05) is 12.3 Å². The SMILES string of the molecule is CC(C)n1nc(N)nc1-c1cn2c(n1)-c1cnc(C3CC3)cc1OCC2. The van der Waals surface area contributed by atoms with Gasteiger partial charge in [0, 0.05) is 36.1 Å². The molecular weight excluding hydrogens is 330 g/mol. The fourth-order valence-corrected chi connectivity index (χ4v) is 3.38. The van der Waals surface area contributed by atoms with Gasteiger partial charge in [0.25, 0.3) is 0 Å². The number of aromatic nitrogens is 6. The zero-order valence-corrected chi connectivity index (χ0v) is 14.9. The number of hydrogen-bond acceptors (Lipinski definition) is 6. The number of nitrogen functional groups attached to an aromatic ring is 1. The van der Waals surface area contributed by atoms with Crippen molar-refractivity contribution in [1.82, 2.24) is 29.3 Å². The van der Waals surface area contributed by atoms with Crippen molar-refractivity contribution in [3.8, 4) is 28.7 Å². The molecule has 1 aliphatic heterocycles. The minimum atomic E-state index is 0.148. The summed E-state index contributed by atoms with van der Waals surface area (Å²) in [5.74, 6) is 3.25. The van der Waals surface area contributed by atoms with Gasteiger partial charge in [-0.05, 0) is 26.7 Å². The summed E-state index contributed by atoms with van der Waals surface area (Å²) in [6.07, 6.45) is 6.32. The van der Waals surface area contributed by atoms with Gasteiger partial charge in [-0.15, -0.1) is 5.10 Å². The van der Waals surface area contributed by atoms with E-state index < -0.39 is 0 Å². The average Bonchev–Trinajstić information content (AvgIpc) is 3.31. The Bertz CT molecular complexity index is 984. The van der Waals surface area contributed by atoms with E-state index in [-0.39, 0.29) is 12.0 Å². The summed E-state index contributed by atoms with van der Waals surface area (Å²) in [5, 5.41) is 4.29. The summed E-state index contributed by atoms with van der Waals surface area (Å²) in [6, 6.07) is 2.22. The molecule has 0 aromatic carbocycles. The summed E-state index contributed by atoms with van der Waals surface area (Å²) in [6.45, 7) is 5.42. The molecule has 0 amide bonds. The van der Waals surface area contributed by atoms with Gasteiger partial charge in [0.1, 0.15) is 23.9 Å². The number of pyridine rings is 1. The molecular formula is C18H21N7O. The van der Waals surface area contributed by atoms with Crippen LogP contribution in [-0.2, 0) is 6.54 Å². The lowest BCUT2D eigenvalue weighted by atomic mass is 10.2. The van der Waals surface area contributed by atoms with Crippen LogP contribution >= 0.6 is 0 Å². The third-order valence-electron chi connectivity index (χ3n) is 4.86. The molecule has 0 spiro atoms. The molecule has 0 bridgehead atoms. The summed E-state index contributed by atoms with van der Waals surface area (Å²) in [7, 11) is 0. The summed E-state index contributed by atoms with van der Waals surface area (Å²) in [5.41, 5.74) is 8.62. The van der Waals surface area contributed by atoms with Crippen LogP contribution in [0.25, 0.3) is 22.9 Å². The Kier molecular flexibility index (Phi) is 3.28. The maximum atomic E-state index is 5.97. The molecule has 0 atom stereocenters. The van der Waals surface area contributed by atoms with E-state index in [0.717, 1.165) is 35.1 Å². The molecule has 1 fully saturated rings. The van der Waals surface area contributed by atoms with Crippen LogP contribution in [-0.4, -0.2) is 35.9 Å². The molecule has 0 saturated heterocycles. The standard InChI is InChI=1S/C18H21N7O/c1-10(2)25-17(22-18(19)23-25)14-9-24-5-6-26-15-7-13(11-3-4-11)20-8-12(15)16(24)21-14/h7-11H,3-6H2,1-2H3,(H2,19,23). The van der Waals surface area contributed by atoms with E-state index in [1.165, 1.54) is 12.8 Å². The molecule has 0 radical (unpaired) electrons. The van der Waals surface area contributed by atoms with Crippen molar-refractivity contribution in [3.05, 3.63) is 24.2 Å². The molecule has 2 N–H and O–H groups in total. The number of fused-ring (bicyclic) bond motifs is 3. The van der Waals surface area contributed by atoms with Crippen LogP contribution in [0.2, 0.25) is 0 Å². The zero-order chi connectivity index (χ0) is 17.8. The van der Waals surface area contributed by atoms with Crippen LogP contribution in [0.15, 0.2) is 18.5 Å². The highest BCUT2D eigenvalue weighted by molar-refractivity contribution is 5.68. The average molecular weight is 351 g/mol. The van der Waals surface area contributed by atoms with Gasteiger partial charge in [-0.25, -0.2) is 9.67 Å². The highest BCUT2D eigenvalue weighted by atomic mass is 16.5. The maximum absolute atomic E-state index is 5.97. The predicted molar refractivity (Wildman–Crippen MR) is 96.7 cm³/mol. The molecule has 4 heterocycles. The van der Waals surface area contributed by atoms with Crippen molar-refractivity contribution in [2.45, 2.75) is 45.2 Å². The Morgan fingerprint density at radius 2 is 2.08 bits per heavy atom. The molecule has 26 heavy (non-hydrogen) atoms. The number of nitrogens with two attached hydrogens (primary N) is 1. The number of imidazole rings is 1. The zero-order valence-electron chi connectivity index (χ0n) is 14.9. The van der Waals surface area contributed by atoms with Crippen molar-refractivity contribution in [2.24, 2.45) is 0 Å². The molecule has 1 saturated carbocycles. The highest BCUT2D eigenvalue weighted by Crippen LogP contribution is 2.42. The quantitative estimate of drug-likeness (QED) is 0.779. The molecule has 3 aromatic heterocycles. The Morgan fingerprint density at radius 3 is 2.85 bits per heavy atom. The van der Waals surface area contributed by atoms with Crippen molar-refractivity contribution < 1.29 is 4.74 Å². The molecule has 8 heteroatoms. The van der Waals surface area contributed by atoms with Gasteiger partial charge in [-0.2, -0.15) is 4.98 Å². The highest BCUT2D eigenvalue weighted by Gasteiger charge is 2.28. The monoisotopic (exact) mass is 351 g/mol. The summed E-state index contributed by atoms with van der Waals surface area (Å²) < 4.78 is 9.87. The van der Waals surface area contributed by atoms with E-state index >= 15 is 0 Å². The van der Waals surface area contributed by atoms with E-state index in [4.69, 9.17) is 15.5 Å². The molecule has 2 aliphatic rings. The second-order valence-corrected chi connectivity index (χ2v) is 7.20. The third-order valence-corrected chi connectivity index (χ3v) is 4.86. The van der Waals surface area contributed by atoms with Crippen LogP contribution in [0.4, 0.5) is 5.95 Å². The van der Waals surface area contributed by atoms with Gasteiger partial charge in [0.05, 0.1) is 12.1 Å². The lowest BCUT2D eigenvalue weighted by Crippen LogP contribution is -2.06. The number of rotatable bonds is 3. The molecule has 8 nitrogen and oxygen atoms in total. The number of hydrogen-bond donors (Lipinski definition) is 1. The Morgan fingerprint density at radius 1 is 1.23 bits per heavy atom. The minimum absolute atomic E-state index is 0.148. The van der Waals surface area contributed by atoms with Gasteiger partial charge in [0.2, 0.25) is 5.95 Å². The van der Waals surface area contributed by atoms with E-state index in [0.29, 0.717) is 18.3 Å². The lowest BCUT2D eigenvalue weighted by Gasteiger charge is -2.08. The van der Waals surface area contributed by atoms with Crippen molar-refractivity contribution >= 4 is 5.95 Å². The first-order valence-electron chi connectivity index (χ1n) is 9.03. The van der Waals surface area contributed by atoms with E-state index in [1.54, 1.807) is 0 Å². The van der Waals surface area contributed by atoms with Crippen LogP contribution in [0.5, 0.6) is 5.75 Å². The van der Waals surface area contributed by atoms with Crippen LogP contribution in [0.1, 0.15) is 44.3 Å². The molecule has 1 aliphatic carbocycles. The first-order chi connectivity index (χ1) is 12.6. The Hall–Kier alpha value is -2.90. The van der Waals surface area contributed by atoms with Crippen LogP contribution in [0.3, 0.4) is 0 Å². The Balaban J connectivity index is 1.61. The third kappa shape index (κ3) is 2.44. The molecule has 3 aromatic rings. The topological polar surface area (TPSA) is 96.7 Å². The summed E-state index contributed by atoms with van der Waals surface area (Å²) in [4.78, 5) is 13.9. The van der Waals surface area contributed by atoms with E-state index in [1.807, 2.05) is 30.9 Å². The van der Waals surface area contributed by atoms with Crippen molar-refractivity contribution in [1.29, 1.82) is 0 Å². The molecule has 0 unspecified atom stereocenters. The van der Waals surface area contributed by atoms with Gasteiger partial charge < -0.3 is 15.0 Å². The molecule has 134 valence electrons. The minimum Gasteiger partial charge on any atom is -0.491 e. The number of anilines is 1. The predicted octanol–water partition coefficient (Wildman–Crippen LogP) is 2.64. The van der Waals surface area contributed by atoms with Gasteiger partial charge >= 0.3 is 0 Å². The van der Waals surface area contributed by atoms with Crippen molar-refractivity contribution in [3.63, 3.8) is 0 Å². The van der Waals surface area contributed by atoms with E-state index in [9.17, 15) is 0 Å². The van der Waals surface area contributed by atoms with Gasteiger partial charge in [0.15, 0.2) is 5.82 Å². The first-order valence-corrected chi connectivity index (χ1v) is 9.03. The largest absolute Gasteiger partial charge is 0.491 e. The van der Waals surface area contributed by atoms with Crippen LogP contribution in [0, 0.1) is 0 Å². The normalized spacial score (nSPS) is 16.1. The summed E-state index contributed by atoms with van der Waals surface area (Å²) >= 11 is 0. The second kappa shape index (κ2) is 5.55. The number of ether oxygens (including phenoxy) is 1. The molecule has 5 rings (SSSR count). The van der Waals surface area contributed by atoms with Gasteiger partial charge in [-0.3, -0.25) is 4.98 Å². The smallest absolute Gasteiger partial charge is 0.240 e. The maximum Gasteiger partial charge on any atom is 0.240 e. The first kappa shape index (κ1) is 15.4. The van der Waals surface area contributed by atoms with E-state index in [2.05, 4.69) is 25.7 Å². The second-order valence-electron chi connectivity index (χ2n) is 7.20. The lowest BCUT2D eigenvalue weighted by molar-refractivity contribution is 0.306.